The number of fused-ring (bicyclic) bond motifs is 12. The van der Waals surface area contributed by atoms with Crippen LogP contribution >= 0.6 is 0 Å². The maximum Gasteiger partial charge on any atom is 0.142 e. The van der Waals surface area contributed by atoms with E-state index >= 15 is 0 Å². The largest absolute Gasteiger partial charge is 0.456 e. The molecule has 2 saturated carbocycles. The van der Waals surface area contributed by atoms with Gasteiger partial charge in [0.1, 0.15) is 29.3 Å². The van der Waals surface area contributed by atoms with Gasteiger partial charge in [0.15, 0.2) is 0 Å². The van der Waals surface area contributed by atoms with E-state index in [2.05, 4.69) is 156 Å². The van der Waals surface area contributed by atoms with Crippen molar-refractivity contribution in [1.82, 2.24) is 10.6 Å². The topological polar surface area (TPSA) is 49.6 Å². The van der Waals surface area contributed by atoms with Gasteiger partial charge in [-0.05, 0) is 112 Å². The van der Waals surface area contributed by atoms with Crippen molar-refractivity contribution in [1.29, 1.82) is 0 Å². The fourth-order valence-electron chi connectivity index (χ4n) is 12.9. The zero-order valence-electron chi connectivity index (χ0n) is 34.7. The Morgan fingerprint density at radius 3 is 2.11 bits per heavy atom. The summed E-state index contributed by atoms with van der Waals surface area (Å²) < 4.78 is 6.83. The van der Waals surface area contributed by atoms with Gasteiger partial charge in [-0.1, -0.05) is 160 Å². The fraction of sp³-hybridized carbons (Fsp3) is 0.281. The van der Waals surface area contributed by atoms with Gasteiger partial charge in [-0.3, -0.25) is 5.32 Å². The van der Waals surface area contributed by atoms with Crippen molar-refractivity contribution in [2.45, 2.75) is 99.7 Å². The summed E-state index contributed by atoms with van der Waals surface area (Å²) in [5, 5.41) is 9.88. The molecular weight excluding hydrogens is 743 g/mol. The number of para-hydroxylation sites is 1. The number of nitrogens with zero attached hydrogens (tertiary/aromatic N) is 1. The smallest absolute Gasteiger partial charge is 0.142 e. The molecule has 6 aliphatic rings. The number of furan rings is 1. The molecule has 3 unspecified atom stereocenters. The van der Waals surface area contributed by atoms with E-state index in [1.807, 2.05) is 0 Å². The first-order chi connectivity index (χ1) is 30.2. The number of hydrogen-bond acceptors (Lipinski definition) is 4. The second kappa shape index (κ2) is 13.8. The number of hydrogen-bond donors (Lipinski definition) is 2. The third-order valence-electron chi connectivity index (χ3n) is 15.7. The number of allylic oxidation sites excluding steroid dienone is 4. The molecule has 0 amide bonds. The van der Waals surface area contributed by atoms with Gasteiger partial charge in [0.25, 0.3) is 0 Å². The lowest BCUT2D eigenvalue weighted by Gasteiger charge is -2.38. The quantitative estimate of drug-likeness (QED) is 0.187. The number of amidine groups is 1. The molecule has 5 aliphatic carbocycles. The molecule has 6 aromatic carbocycles. The highest BCUT2D eigenvalue weighted by molar-refractivity contribution is 6.07. The predicted molar refractivity (Wildman–Crippen MR) is 249 cm³/mol. The summed E-state index contributed by atoms with van der Waals surface area (Å²) in [4.78, 5) is 5.15. The molecule has 0 radical (unpaired) electrons. The Morgan fingerprint density at radius 1 is 0.574 bits per heavy atom. The Labute approximate surface area is 358 Å². The summed E-state index contributed by atoms with van der Waals surface area (Å²) in [6.45, 7) is 0. The van der Waals surface area contributed by atoms with Crippen LogP contribution in [0.4, 0.5) is 0 Å². The molecule has 0 bridgehead atoms. The molecule has 4 nitrogen and oxygen atoms in total. The van der Waals surface area contributed by atoms with Crippen LogP contribution in [-0.2, 0) is 10.8 Å². The van der Waals surface area contributed by atoms with Crippen molar-refractivity contribution >= 4 is 33.3 Å². The molecular formula is C57H51N3O. The Kier molecular flexibility index (Phi) is 8.07. The van der Waals surface area contributed by atoms with Crippen molar-refractivity contribution in [3.05, 3.63) is 196 Å². The number of rotatable bonds is 4. The summed E-state index contributed by atoms with van der Waals surface area (Å²) in [6, 6.07) is 49.4. The zero-order valence-corrected chi connectivity index (χ0v) is 34.7. The van der Waals surface area contributed by atoms with Gasteiger partial charge in [0.05, 0.1) is 0 Å². The van der Waals surface area contributed by atoms with E-state index in [-0.39, 0.29) is 23.2 Å². The third kappa shape index (κ3) is 5.37. The van der Waals surface area contributed by atoms with Crippen molar-refractivity contribution in [2.75, 3.05) is 0 Å². The first-order valence-corrected chi connectivity index (χ1v) is 23.0. The highest BCUT2D eigenvalue weighted by Crippen LogP contribution is 2.63. The van der Waals surface area contributed by atoms with E-state index in [0.29, 0.717) is 5.92 Å². The normalized spacial score (nSPS) is 23.1. The minimum absolute atomic E-state index is 0.142. The summed E-state index contributed by atoms with van der Waals surface area (Å²) in [6.07, 6.45) is 18.8. The molecule has 7 aromatic rings. The summed E-state index contributed by atoms with van der Waals surface area (Å²) in [5.41, 5.74) is 19.5. The number of nitrogens with one attached hydrogen (secondary N) is 2. The Hall–Kier alpha value is -5.97. The highest BCUT2D eigenvalue weighted by Gasteiger charge is 2.50. The van der Waals surface area contributed by atoms with Gasteiger partial charge in [0.2, 0.25) is 0 Å². The fourth-order valence-corrected chi connectivity index (χ4v) is 12.9. The van der Waals surface area contributed by atoms with Gasteiger partial charge >= 0.3 is 0 Å². The molecule has 2 N–H and O–H groups in total. The van der Waals surface area contributed by atoms with E-state index in [4.69, 9.17) is 9.41 Å². The monoisotopic (exact) mass is 793 g/mol. The van der Waals surface area contributed by atoms with Gasteiger partial charge in [-0.2, -0.15) is 0 Å². The molecule has 0 saturated heterocycles. The second-order valence-electron chi connectivity index (χ2n) is 18.8. The van der Waals surface area contributed by atoms with Crippen LogP contribution in [0.3, 0.4) is 0 Å². The lowest BCUT2D eigenvalue weighted by Crippen LogP contribution is -2.45. The molecule has 2 heterocycles. The summed E-state index contributed by atoms with van der Waals surface area (Å²) in [7, 11) is 0. The molecule has 1 aliphatic heterocycles. The first kappa shape index (κ1) is 35.8. The van der Waals surface area contributed by atoms with Gasteiger partial charge < -0.3 is 9.73 Å². The van der Waals surface area contributed by atoms with E-state index in [9.17, 15) is 0 Å². The number of aliphatic imine (C=N–C) groups is 1. The predicted octanol–water partition coefficient (Wildman–Crippen LogP) is 13.9. The molecule has 2 fully saturated rings. The van der Waals surface area contributed by atoms with Crippen LogP contribution < -0.4 is 10.6 Å². The first-order valence-electron chi connectivity index (χ1n) is 23.0. The van der Waals surface area contributed by atoms with E-state index < -0.39 is 0 Å². The third-order valence-corrected chi connectivity index (χ3v) is 15.7. The van der Waals surface area contributed by atoms with E-state index in [1.165, 1.54) is 86.3 Å². The van der Waals surface area contributed by atoms with Gasteiger partial charge in [0, 0.05) is 38.6 Å². The van der Waals surface area contributed by atoms with Crippen molar-refractivity contribution in [2.24, 2.45) is 4.99 Å². The molecule has 1 aromatic heterocycles. The molecule has 2 spiro atoms. The maximum absolute atomic E-state index is 6.83. The van der Waals surface area contributed by atoms with Crippen LogP contribution in [0.1, 0.15) is 133 Å². The molecule has 3 atom stereocenters. The van der Waals surface area contributed by atoms with Crippen LogP contribution in [0.15, 0.2) is 161 Å². The number of benzene rings is 6. The lowest BCUT2D eigenvalue weighted by atomic mass is 9.65. The van der Waals surface area contributed by atoms with E-state index in [0.717, 1.165) is 45.5 Å². The highest BCUT2D eigenvalue weighted by atomic mass is 16.3. The molecule has 4 heteroatoms. The molecule has 61 heavy (non-hydrogen) atoms. The van der Waals surface area contributed by atoms with Crippen molar-refractivity contribution in [3.63, 3.8) is 0 Å². The Balaban J connectivity index is 0.875. The maximum atomic E-state index is 6.83. The molecule has 300 valence electrons. The van der Waals surface area contributed by atoms with Crippen LogP contribution in [-0.4, -0.2) is 5.84 Å². The van der Waals surface area contributed by atoms with Crippen LogP contribution in [0.5, 0.6) is 0 Å². The van der Waals surface area contributed by atoms with Crippen molar-refractivity contribution < 1.29 is 4.42 Å². The van der Waals surface area contributed by atoms with Crippen molar-refractivity contribution in [3.8, 4) is 11.1 Å². The minimum atomic E-state index is -0.204. The average molecular weight is 794 g/mol. The average Bonchev–Trinajstić information content (AvgIpc) is 3.93. The lowest BCUT2D eigenvalue weighted by molar-refractivity contribution is 0.347. The van der Waals surface area contributed by atoms with E-state index in [1.54, 1.807) is 33.4 Å². The van der Waals surface area contributed by atoms with Crippen LogP contribution in [0.25, 0.3) is 38.6 Å². The summed E-state index contributed by atoms with van der Waals surface area (Å²) >= 11 is 0. The van der Waals surface area contributed by atoms with Gasteiger partial charge in [-0.25, -0.2) is 4.99 Å². The zero-order chi connectivity index (χ0) is 40.1. The standard InChI is InChI=1S/C57H51N3O/c1-5-16-36(17-6-1)53-58-54(37-18-7-2-8-19-37)60-55(59-53)42-22-15-21-41-46-33-39(25-27-51(46)61-52(41)42)38-24-26-48-43(32-38)45-35-49-44(34-50(45)57(48)30-13-4-14-31-57)40-20-9-10-23-47(40)56(49)28-11-3-12-29-56/h1-2,5-10,15-27,33-35,38,53,55,59H,3-4,11-14,28-32H2,(H,58,60). The SMILES string of the molecule is C1=CC(c2ccc3oc4c(C5NC(c6ccccc6)=NC(c6ccccc6)N5)cccc4c3c2)CC2=C1C1(CCCCC1)c1cc3c(cc12)C1(CCCCC1)c1ccccc1-3. The summed E-state index contributed by atoms with van der Waals surface area (Å²) in [5.74, 6) is 1.17. The van der Waals surface area contributed by atoms with Gasteiger partial charge in [-0.15, -0.1) is 0 Å². The Morgan fingerprint density at radius 2 is 1.30 bits per heavy atom. The van der Waals surface area contributed by atoms with Crippen LogP contribution in [0.2, 0.25) is 0 Å². The minimum Gasteiger partial charge on any atom is -0.456 e. The Bertz CT molecular complexity index is 2970. The second-order valence-corrected chi connectivity index (χ2v) is 18.8. The van der Waals surface area contributed by atoms with Crippen LogP contribution in [0, 0.1) is 0 Å². The molecule has 13 rings (SSSR count).